The minimum atomic E-state index is -3.89. The molecule has 0 atom stereocenters. The highest BCUT2D eigenvalue weighted by Crippen LogP contribution is 2.21. The van der Waals surface area contributed by atoms with Crippen molar-refractivity contribution in [1.29, 1.82) is 0 Å². The Morgan fingerprint density at radius 3 is 2.53 bits per heavy atom. The average molecular weight is 303 g/mol. The summed E-state index contributed by atoms with van der Waals surface area (Å²) in [6.07, 6.45) is 1.05. The van der Waals surface area contributed by atoms with Crippen molar-refractivity contribution in [3.05, 3.63) is 57.7 Å². The molecule has 0 fully saturated rings. The molecule has 0 saturated carbocycles. The van der Waals surface area contributed by atoms with Gasteiger partial charge >= 0.3 is 0 Å². The zero-order valence-corrected chi connectivity index (χ0v) is 10.9. The molecule has 0 amide bonds. The second-order valence-electron chi connectivity index (χ2n) is 3.62. The van der Waals surface area contributed by atoms with Crippen LogP contribution < -0.4 is 10.3 Å². The fourth-order valence-electron chi connectivity index (χ4n) is 1.34. The molecule has 8 heteroatoms. The maximum Gasteiger partial charge on any atom is 0.263 e. The first-order chi connectivity index (χ1) is 8.88. The molecule has 0 aliphatic heterocycles. The van der Waals surface area contributed by atoms with Crippen molar-refractivity contribution in [3.63, 3.8) is 0 Å². The van der Waals surface area contributed by atoms with Gasteiger partial charge in [-0.05, 0) is 24.3 Å². The van der Waals surface area contributed by atoms with Gasteiger partial charge in [0.05, 0.1) is 10.7 Å². The Hall–Kier alpha value is -1.86. The lowest BCUT2D eigenvalue weighted by Gasteiger charge is -2.08. The Morgan fingerprint density at radius 2 is 1.95 bits per heavy atom. The van der Waals surface area contributed by atoms with Gasteiger partial charge in [0, 0.05) is 12.3 Å². The van der Waals surface area contributed by atoms with Gasteiger partial charge in [-0.15, -0.1) is 0 Å². The van der Waals surface area contributed by atoms with E-state index in [-0.39, 0.29) is 15.6 Å². The van der Waals surface area contributed by atoms with Gasteiger partial charge in [-0.3, -0.25) is 9.52 Å². The summed E-state index contributed by atoms with van der Waals surface area (Å²) in [7, 11) is -3.89. The highest BCUT2D eigenvalue weighted by molar-refractivity contribution is 7.92. The van der Waals surface area contributed by atoms with Crippen LogP contribution in [0.1, 0.15) is 0 Å². The third kappa shape index (κ3) is 3.12. The number of aromatic nitrogens is 1. The lowest BCUT2D eigenvalue weighted by Crippen LogP contribution is -2.15. The Morgan fingerprint density at radius 1 is 1.21 bits per heavy atom. The Labute approximate surface area is 113 Å². The highest BCUT2D eigenvalue weighted by Gasteiger charge is 2.14. The SMILES string of the molecule is O=c1ccc(S(=O)(=O)Nc2ccc(Cl)c(F)c2)c[nH]1. The summed E-state index contributed by atoms with van der Waals surface area (Å²) in [6, 6.07) is 5.76. The number of anilines is 1. The van der Waals surface area contributed by atoms with E-state index in [1.54, 1.807) is 0 Å². The van der Waals surface area contributed by atoms with Crippen LogP contribution in [0.4, 0.5) is 10.1 Å². The standard InChI is InChI=1S/C11H8ClFN2O3S/c12-9-3-1-7(5-10(9)13)15-19(17,18)8-2-4-11(16)14-6-8/h1-6,15H,(H,14,16). The van der Waals surface area contributed by atoms with Crippen LogP contribution >= 0.6 is 11.6 Å². The number of benzene rings is 1. The Balaban J connectivity index is 2.33. The van der Waals surface area contributed by atoms with Crippen LogP contribution in [-0.4, -0.2) is 13.4 Å². The number of aromatic amines is 1. The first-order valence-electron chi connectivity index (χ1n) is 5.05. The van der Waals surface area contributed by atoms with E-state index in [0.717, 1.165) is 24.4 Å². The van der Waals surface area contributed by atoms with Crippen molar-refractivity contribution in [1.82, 2.24) is 4.98 Å². The molecule has 19 heavy (non-hydrogen) atoms. The normalized spacial score (nSPS) is 11.3. The third-order valence-electron chi connectivity index (χ3n) is 2.24. The summed E-state index contributed by atoms with van der Waals surface area (Å²) >= 11 is 5.49. The van der Waals surface area contributed by atoms with Gasteiger partial charge in [0.2, 0.25) is 5.56 Å². The van der Waals surface area contributed by atoms with E-state index < -0.39 is 21.4 Å². The molecule has 2 N–H and O–H groups in total. The van der Waals surface area contributed by atoms with Gasteiger partial charge in [-0.1, -0.05) is 11.6 Å². The van der Waals surface area contributed by atoms with Crippen LogP contribution in [-0.2, 0) is 10.0 Å². The first kappa shape index (κ1) is 13.6. The molecule has 100 valence electrons. The fraction of sp³-hybridized carbons (Fsp3) is 0. The van der Waals surface area contributed by atoms with Crippen LogP contribution in [0, 0.1) is 5.82 Å². The summed E-state index contributed by atoms with van der Waals surface area (Å²) < 4.78 is 39.2. The Bertz CT molecular complexity index is 753. The molecule has 2 aromatic rings. The highest BCUT2D eigenvalue weighted by atomic mass is 35.5. The molecule has 0 unspecified atom stereocenters. The number of halogens is 2. The van der Waals surface area contributed by atoms with E-state index in [9.17, 15) is 17.6 Å². The second kappa shape index (κ2) is 5.02. The summed E-state index contributed by atoms with van der Waals surface area (Å²) in [5.41, 5.74) is -0.385. The fourth-order valence-corrected chi connectivity index (χ4v) is 2.47. The maximum absolute atomic E-state index is 13.2. The lowest BCUT2D eigenvalue weighted by molar-refractivity contribution is 0.600. The molecule has 2 rings (SSSR count). The molecule has 0 aliphatic carbocycles. The van der Waals surface area contributed by atoms with Crippen LogP contribution in [0.2, 0.25) is 5.02 Å². The molecule has 5 nitrogen and oxygen atoms in total. The Kier molecular flexibility index (Phi) is 3.59. The molecule has 1 heterocycles. The van der Waals surface area contributed by atoms with E-state index in [1.165, 1.54) is 12.1 Å². The summed E-state index contributed by atoms with van der Waals surface area (Å²) in [5.74, 6) is -0.733. The van der Waals surface area contributed by atoms with Crippen molar-refractivity contribution >= 4 is 27.3 Å². The van der Waals surface area contributed by atoms with Crippen LogP contribution in [0.5, 0.6) is 0 Å². The van der Waals surface area contributed by atoms with Gasteiger partial charge in [-0.2, -0.15) is 0 Å². The second-order valence-corrected chi connectivity index (χ2v) is 5.71. The molecular formula is C11H8ClFN2O3S. The molecular weight excluding hydrogens is 295 g/mol. The summed E-state index contributed by atoms with van der Waals surface area (Å²) in [4.78, 5) is 13.0. The van der Waals surface area contributed by atoms with E-state index >= 15 is 0 Å². The van der Waals surface area contributed by atoms with E-state index in [2.05, 4.69) is 9.71 Å². The number of pyridine rings is 1. The minimum Gasteiger partial charge on any atom is -0.328 e. The number of nitrogens with one attached hydrogen (secondary N) is 2. The van der Waals surface area contributed by atoms with Crippen LogP contribution in [0.15, 0.2) is 46.2 Å². The summed E-state index contributed by atoms with van der Waals surface area (Å²) in [6.45, 7) is 0. The average Bonchev–Trinajstić information content (AvgIpc) is 2.34. The molecule has 1 aromatic carbocycles. The summed E-state index contributed by atoms with van der Waals surface area (Å²) in [5, 5.41) is -0.105. The molecule has 0 bridgehead atoms. The van der Waals surface area contributed by atoms with E-state index in [1.807, 2.05) is 0 Å². The van der Waals surface area contributed by atoms with Gasteiger partial charge in [-0.25, -0.2) is 12.8 Å². The van der Waals surface area contributed by atoms with Crippen molar-refractivity contribution in [2.75, 3.05) is 4.72 Å². The van der Waals surface area contributed by atoms with Gasteiger partial charge in [0.15, 0.2) is 0 Å². The molecule has 0 saturated heterocycles. The number of H-pyrrole nitrogens is 1. The third-order valence-corrected chi connectivity index (χ3v) is 3.92. The van der Waals surface area contributed by atoms with E-state index in [4.69, 9.17) is 11.6 Å². The maximum atomic E-state index is 13.2. The van der Waals surface area contributed by atoms with Crippen molar-refractivity contribution in [2.45, 2.75) is 4.90 Å². The number of hydrogen-bond acceptors (Lipinski definition) is 3. The monoisotopic (exact) mass is 302 g/mol. The van der Waals surface area contributed by atoms with Gasteiger partial charge in [0.1, 0.15) is 10.7 Å². The lowest BCUT2D eigenvalue weighted by atomic mass is 10.3. The van der Waals surface area contributed by atoms with Crippen LogP contribution in [0.25, 0.3) is 0 Å². The van der Waals surface area contributed by atoms with Crippen molar-refractivity contribution in [3.8, 4) is 0 Å². The predicted octanol–water partition coefficient (Wildman–Crippen LogP) is 1.97. The first-order valence-corrected chi connectivity index (χ1v) is 6.91. The molecule has 0 radical (unpaired) electrons. The largest absolute Gasteiger partial charge is 0.328 e. The minimum absolute atomic E-state index is 0.0353. The van der Waals surface area contributed by atoms with Crippen molar-refractivity contribution in [2.24, 2.45) is 0 Å². The number of rotatable bonds is 3. The number of sulfonamides is 1. The predicted molar refractivity (Wildman–Crippen MR) is 69.3 cm³/mol. The van der Waals surface area contributed by atoms with Gasteiger partial charge < -0.3 is 4.98 Å². The molecule has 0 aliphatic rings. The quantitative estimate of drug-likeness (QED) is 0.910. The van der Waals surface area contributed by atoms with E-state index in [0.29, 0.717) is 0 Å². The molecule has 0 spiro atoms. The van der Waals surface area contributed by atoms with Crippen molar-refractivity contribution < 1.29 is 12.8 Å². The van der Waals surface area contributed by atoms with Gasteiger partial charge in [0.25, 0.3) is 10.0 Å². The number of hydrogen-bond donors (Lipinski definition) is 2. The topological polar surface area (TPSA) is 79.0 Å². The molecule has 1 aromatic heterocycles. The zero-order valence-electron chi connectivity index (χ0n) is 9.35. The van der Waals surface area contributed by atoms with Crippen LogP contribution in [0.3, 0.4) is 0 Å². The smallest absolute Gasteiger partial charge is 0.263 e. The zero-order chi connectivity index (χ0) is 14.0.